The van der Waals surface area contributed by atoms with E-state index in [0.717, 1.165) is 30.5 Å². The Morgan fingerprint density at radius 1 is 1.24 bits per heavy atom. The Morgan fingerprint density at radius 2 is 2.05 bits per heavy atom. The number of hydrogen-bond acceptors (Lipinski definition) is 4. The number of benzene rings is 1. The van der Waals surface area contributed by atoms with E-state index in [4.69, 9.17) is 4.42 Å². The summed E-state index contributed by atoms with van der Waals surface area (Å²) in [5.41, 5.74) is 1.63. The van der Waals surface area contributed by atoms with Gasteiger partial charge in [0, 0.05) is 24.1 Å². The first-order valence-electron chi connectivity index (χ1n) is 7.09. The molecule has 1 amide bonds. The number of nitrogens with one attached hydrogen (secondary N) is 1. The minimum Gasteiger partial charge on any atom is -0.421 e. The fourth-order valence-electron chi connectivity index (χ4n) is 2.39. The molecule has 0 bridgehead atoms. The highest BCUT2D eigenvalue weighted by molar-refractivity contribution is 5.92. The molecular formula is C16H17N3O2. The topological polar surface area (TPSA) is 68.0 Å². The smallest absolute Gasteiger partial charge is 0.247 e. The van der Waals surface area contributed by atoms with E-state index in [0.29, 0.717) is 11.8 Å². The van der Waals surface area contributed by atoms with Crippen LogP contribution >= 0.6 is 0 Å². The largest absolute Gasteiger partial charge is 0.421 e. The lowest BCUT2D eigenvalue weighted by Crippen LogP contribution is -2.23. The van der Waals surface area contributed by atoms with E-state index in [-0.39, 0.29) is 11.8 Å². The second-order valence-electron chi connectivity index (χ2n) is 5.17. The average Bonchev–Trinajstić information content (AvgIpc) is 2.95. The number of aryl methyl sites for hydroxylation is 1. The van der Waals surface area contributed by atoms with Crippen LogP contribution in [0.3, 0.4) is 0 Å². The lowest BCUT2D eigenvalue weighted by molar-refractivity contribution is -0.120. The van der Waals surface area contributed by atoms with Gasteiger partial charge in [-0.25, -0.2) is 0 Å². The van der Waals surface area contributed by atoms with Crippen LogP contribution in [0.25, 0.3) is 11.5 Å². The number of rotatable bonds is 3. The van der Waals surface area contributed by atoms with Crippen molar-refractivity contribution in [1.82, 2.24) is 10.2 Å². The number of anilines is 1. The van der Waals surface area contributed by atoms with Crippen molar-refractivity contribution < 1.29 is 9.21 Å². The first-order valence-corrected chi connectivity index (χ1v) is 7.09. The van der Waals surface area contributed by atoms with Crippen LogP contribution < -0.4 is 5.32 Å². The fourth-order valence-corrected chi connectivity index (χ4v) is 2.39. The van der Waals surface area contributed by atoms with E-state index in [9.17, 15) is 4.79 Å². The van der Waals surface area contributed by atoms with Crippen LogP contribution in [0.15, 0.2) is 40.8 Å². The third-order valence-corrected chi connectivity index (χ3v) is 3.57. The van der Waals surface area contributed by atoms with Crippen LogP contribution in [0.2, 0.25) is 0 Å². The monoisotopic (exact) mass is 283 g/mol. The summed E-state index contributed by atoms with van der Waals surface area (Å²) in [5, 5.41) is 10.7. The van der Waals surface area contributed by atoms with E-state index in [1.165, 1.54) is 0 Å². The third-order valence-electron chi connectivity index (χ3n) is 3.57. The van der Waals surface area contributed by atoms with E-state index < -0.39 is 0 Å². The Labute approximate surface area is 123 Å². The highest BCUT2D eigenvalue weighted by atomic mass is 16.4. The minimum atomic E-state index is 0.0771. The molecule has 0 radical (unpaired) electrons. The van der Waals surface area contributed by atoms with Crippen LogP contribution in [0.5, 0.6) is 0 Å². The molecule has 5 heteroatoms. The summed E-state index contributed by atoms with van der Waals surface area (Å²) in [4.78, 5) is 12.1. The summed E-state index contributed by atoms with van der Waals surface area (Å²) >= 11 is 0. The average molecular weight is 283 g/mol. The van der Waals surface area contributed by atoms with Crippen LogP contribution in [0.1, 0.15) is 25.2 Å². The van der Waals surface area contributed by atoms with Crippen molar-refractivity contribution in [2.45, 2.75) is 26.2 Å². The number of amides is 1. The summed E-state index contributed by atoms with van der Waals surface area (Å²) < 4.78 is 5.37. The van der Waals surface area contributed by atoms with Gasteiger partial charge in [-0.05, 0) is 43.5 Å². The Hall–Kier alpha value is -2.43. The molecular weight excluding hydrogens is 266 g/mol. The van der Waals surface area contributed by atoms with Crippen LogP contribution in [-0.4, -0.2) is 16.1 Å². The highest BCUT2D eigenvalue weighted by Crippen LogP contribution is 2.22. The lowest BCUT2D eigenvalue weighted by Gasteiger charge is -2.17. The molecule has 1 aromatic heterocycles. The van der Waals surface area contributed by atoms with E-state index in [1.807, 2.05) is 24.3 Å². The van der Waals surface area contributed by atoms with Crippen LogP contribution in [-0.2, 0) is 4.79 Å². The normalized spacial score (nSPS) is 17.7. The van der Waals surface area contributed by atoms with E-state index >= 15 is 0 Å². The maximum Gasteiger partial charge on any atom is 0.247 e. The maximum atomic E-state index is 12.1. The Morgan fingerprint density at radius 3 is 2.67 bits per heavy atom. The van der Waals surface area contributed by atoms with Gasteiger partial charge in [-0.15, -0.1) is 10.2 Å². The SMILES string of the molecule is Cc1nnc(-c2ccc(NC(=O)[C@H]3CC=CCC3)cc2)o1. The zero-order valence-corrected chi connectivity index (χ0v) is 11.9. The number of allylic oxidation sites excluding steroid dienone is 2. The number of hydrogen-bond donors (Lipinski definition) is 1. The molecule has 0 spiro atoms. The zero-order valence-electron chi connectivity index (χ0n) is 11.9. The molecule has 1 heterocycles. The van der Waals surface area contributed by atoms with E-state index in [2.05, 4.69) is 27.7 Å². The first kappa shape index (κ1) is 13.5. The van der Waals surface area contributed by atoms with Crippen molar-refractivity contribution in [2.75, 3.05) is 5.32 Å². The molecule has 1 atom stereocenters. The standard InChI is InChI=1S/C16H17N3O2/c1-11-18-19-16(21-11)13-7-9-14(10-8-13)17-15(20)12-5-3-2-4-6-12/h2-3,7-10,12H,4-6H2,1H3,(H,17,20)/t12-/m0/s1. The number of aromatic nitrogens is 2. The van der Waals surface area contributed by atoms with Crippen molar-refractivity contribution in [1.29, 1.82) is 0 Å². The second kappa shape index (κ2) is 5.91. The van der Waals surface area contributed by atoms with Gasteiger partial charge in [-0.1, -0.05) is 12.2 Å². The summed E-state index contributed by atoms with van der Waals surface area (Å²) in [5.74, 6) is 1.18. The molecule has 2 aromatic rings. The molecule has 0 saturated carbocycles. The molecule has 0 aliphatic heterocycles. The summed E-state index contributed by atoms with van der Waals surface area (Å²) in [6.07, 6.45) is 6.93. The van der Waals surface area contributed by atoms with Crippen LogP contribution in [0.4, 0.5) is 5.69 Å². The number of carbonyl (C=O) groups is 1. The molecule has 1 aromatic carbocycles. The number of carbonyl (C=O) groups excluding carboxylic acids is 1. The van der Waals surface area contributed by atoms with Gasteiger partial charge in [0.15, 0.2) is 0 Å². The molecule has 0 fully saturated rings. The molecule has 5 nitrogen and oxygen atoms in total. The van der Waals surface area contributed by atoms with Gasteiger partial charge < -0.3 is 9.73 Å². The Bertz CT molecular complexity index is 658. The highest BCUT2D eigenvalue weighted by Gasteiger charge is 2.18. The maximum absolute atomic E-state index is 12.1. The van der Waals surface area contributed by atoms with Gasteiger partial charge in [0.2, 0.25) is 17.7 Å². The third kappa shape index (κ3) is 3.18. The predicted octanol–water partition coefficient (Wildman–Crippen LogP) is 3.34. The van der Waals surface area contributed by atoms with Gasteiger partial charge in [-0.3, -0.25) is 4.79 Å². The molecule has 1 N–H and O–H groups in total. The summed E-state index contributed by atoms with van der Waals surface area (Å²) in [6.45, 7) is 1.75. The molecule has 21 heavy (non-hydrogen) atoms. The minimum absolute atomic E-state index is 0.0771. The Kier molecular flexibility index (Phi) is 3.81. The van der Waals surface area contributed by atoms with E-state index in [1.54, 1.807) is 6.92 Å². The lowest BCUT2D eigenvalue weighted by atomic mass is 9.93. The van der Waals surface area contributed by atoms with Gasteiger partial charge in [-0.2, -0.15) is 0 Å². The van der Waals surface area contributed by atoms with Gasteiger partial charge in [0.05, 0.1) is 0 Å². The second-order valence-corrected chi connectivity index (χ2v) is 5.17. The van der Waals surface area contributed by atoms with Crippen molar-refractivity contribution in [3.05, 3.63) is 42.3 Å². The molecule has 3 rings (SSSR count). The summed E-state index contributed by atoms with van der Waals surface area (Å²) in [7, 11) is 0. The molecule has 1 aliphatic rings. The zero-order chi connectivity index (χ0) is 14.7. The Balaban J connectivity index is 1.67. The molecule has 108 valence electrons. The fraction of sp³-hybridized carbons (Fsp3) is 0.312. The number of nitrogens with zero attached hydrogens (tertiary/aromatic N) is 2. The molecule has 1 aliphatic carbocycles. The summed E-state index contributed by atoms with van der Waals surface area (Å²) in [6, 6.07) is 7.43. The first-order chi connectivity index (χ1) is 10.2. The van der Waals surface area contributed by atoms with Crippen LogP contribution in [0, 0.1) is 12.8 Å². The van der Waals surface area contributed by atoms with Crippen molar-refractivity contribution in [3.63, 3.8) is 0 Å². The predicted molar refractivity (Wildman–Crippen MR) is 79.6 cm³/mol. The van der Waals surface area contributed by atoms with Gasteiger partial charge in [0.25, 0.3) is 0 Å². The van der Waals surface area contributed by atoms with Crippen molar-refractivity contribution in [3.8, 4) is 11.5 Å². The quantitative estimate of drug-likeness (QED) is 0.877. The molecule has 0 saturated heterocycles. The molecule has 0 unspecified atom stereocenters. The van der Waals surface area contributed by atoms with Crippen molar-refractivity contribution in [2.24, 2.45) is 5.92 Å². The van der Waals surface area contributed by atoms with Gasteiger partial charge in [0.1, 0.15) is 0 Å². The van der Waals surface area contributed by atoms with Gasteiger partial charge >= 0.3 is 0 Å². The van der Waals surface area contributed by atoms with Crippen molar-refractivity contribution >= 4 is 11.6 Å².